The molecule has 26 heavy (non-hydrogen) atoms. The van der Waals surface area contributed by atoms with Crippen molar-refractivity contribution in [2.24, 2.45) is 0 Å². The van der Waals surface area contributed by atoms with E-state index in [0.29, 0.717) is 13.0 Å². The number of morpholine rings is 1. The normalized spacial score (nSPS) is 22.6. The van der Waals surface area contributed by atoms with Gasteiger partial charge in [-0.15, -0.1) is 0 Å². The largest absolute Gasteiger partial charge is 0.497 e. The highest BCUT2D eigenvalue weighted by molar-refractivity contribution is 5.76. The quantitative estimate of drug-likeness (QED) is 0.805. The molecule has 1 aromatic rings. The average Bonchev–Trinajstić information content (AvgIpc) is 2.70. The van der Waals surface area contributed by atoms with Gasteiger partial charge in [0.05, 0.1) is 38.9 Å². The van der Waals surface area contributed by atoms with E-state index in [2.05, 4.69) is 22.3 Å². The van der Waals surface area contributed by atoms with Gasteiger partial charge in [-0.25, -0.2) is 0 Å². The van der Waals surface area contributed by atoms with Crippen molar-refractivity contribution in [2.75, 3.05) is 46.6 Å². The maximum Gasteiger partial charge on any atom is 0.222 e. The van der Waals surface area contributed by atoms with Crippen LogP contribution in [0.4, 0.5) is 0 Å². The Labute approximate surface area is 155 Å². The first-order valence-electron chi connectivity index (χ1n) is 9.60. The molecule has 1 amide bonds. The monoisotopic (exact) mass is 362 g/mol. The van der Waals surface area contributed by atoms with Gasteiger partial charge in [-0.2, -0.15) is 0 Å². The molecule has 3 rings (SSSR count). The van der Waals surface area contributed by atoms with Gasteiger partial charge in [0.25, 0.3) is 0 Å². The van der Waals surface area contributed by atoms with Crippen molar-refractivity contribution >= 4 is 5.91 Å². The van der Waals surface area contributed by atoms with Crippen LogP contribution in [0.25, 0.3) is 0 Å². The van der Waals surface area contributed by atoms with E-state index in [1.165, 1.54) is 0 Å². The lowest BCUT2D eigenvalue weighted by Crippen LogP contribution is -2.44. The Balaban J connectivity index is 1.62. The second-order valence-corrected chi connectivity index (χ2v) is 6.94. The van der Waals surface area contributed by atoms with Gasteiger partial charge in [-0.3, -0.25) is 9.69 Å². The minimum atomic E-state index is 0.0676. The van der Waals surface area contributed by atoms with Crippen LogP contribution in [0, 0.1) is 0 Å². The Morgan fingerprint density at radius 1 is 1.31 bits per heavy atom. The van der Waals surface area contributed by atoms with Gasteiger partial charge in [-0.1, -0.05) is 12.1 Å². The summed E-state index contributed by atoms with van der Waals surface area (Å²) in [6.45, 7) is 4.54. The fraction of sp³-hybridized carbons (Fsp3) is 0.650. The van der Waals surface area contributed by atoms with E-state index in [9.17, 15) is 4.79 Å². The van der Waals surface area contributed by atoms with Crippen molar-refractivity contribution in [1.29, 1.82) is 0 Å². The summed E-state index contributed by atoms with van der Waals surface area (Å²) >= 11 is 0. The van der Waals surface area contributed by atoms with Crippen LogP contribution in [0.3, 0.4) is 0 Å². The number of rotatable bonds is 7. The van der Waals surface area contributed by atoms with E-state index in [1.807, 2.05) is 12.1 Å². The van der Waals surface area contributed by atoms with Crippen LogP contribution in [0.15, 0.2) is 24.3 Å². The lowest BCUT2D eigenvalue weighted by atomic mass is 10.0. The molecule has 2 heterocycles. The molecule has 0 radical (unpaired) electrons. The molecule has 2 unspecified atom stereocenters. The number of carbonyl (C=O) groups excluding carboxylic acids is 1. The van der Waals surface area contributed by atoms with Gasteiger partial charge in [-0.05, 0) is 37.0 Å². The molecular weight excluding hydrogens is 332 g/mol. The molecule has 0 aromatic heterocycles. The standard InChI is InChI=1S/C20H30N2O4/c1-24-17-7-4-5-16(13-17)19(22-8-11-25-12-9-22)15-21-20(23)14-18-6-2-3-10-26-18/h4-5,7,13,18-19H,2-3,6,8-12,14-15H2,1H3,(H,21,23). The SMILES string of the molecule is COc1cccc(C(CNC(=O)CC2CCCCO2)N2CCOCC2)c1. The zero-order chi connectivity index (χ0) is 18.2. The van der Waals surface area contributed by atoms with Crippen LogP contribution < -0.4 is 10.1 Å². The number of ether oxygens (including phenoxy) is 3. The third kappa shape index (κ3) is 5.43. The van der Waals surface area contributed by atoms with Crippen molar-refractivity contribution in [3.05, 3.63) is 29.8 Å². The van der Waals surface area contributed by atoms with Gasteiger partial charge in [0, 0.05) is 26.2 Å². The maximum absolute atomic E-state index is 12.4. The van der Waals surface area contributed by atoms with Crippen LogP contribution in [0.2, 0.25) is 0 Å². The van der Waals surface area contributed by atoms with E-state index in [-0.39, 0.29) is 18.1 Å². The second kappa shape index (κ2) is 9.90. The summed E-state index contributed by atoms with van der Waals surface area (Å²) in [5, 5.41) is 3.12. The van der Waals surface area contributed by atoms with Crippen molar-refractivity contribution in [2.45, 2.75) is 37.8 Å². The molecule has 6 nitrogen and oxygen atoms in total. The summed E-state index contributed by atoms with van der Waals surface area (Å²) in [6.07, 6.45) is 3.76. The average molecular weight is 362 g/mol. The van der Waals surface area contributed by atoms with Crippen molar-refractivity contribution in [3.8, 4) is 5.75 Å². The van der Waals surface area contributed by atoms with Crippen LogP contribution in [0.1, 0.15) is 37.3 Å². The van der Waals surface area contributed by atoms with E-state index in [4.69, 9.17) is 14.2 Å². The van der Waals surface area contributed by atoms with E-state index >= 15 is 0 Å². The summed E-state index contributed by atoms with van der Waals surface area (Å²) in [5.74, 6) is 0.903. The Kier molecular flexibility index (Phi) is 7.29. The van der Waals surface area contributed by atoms with Crippen molar-refractivity contribution in [3.63, 3.8) is 0 Å². The summed E-state index contributed by atoms with van der Waals surface area (Å²) in [5.41, 5.74) is 1.15. The van der Waals surface area contributed by atoms with Crippen LogP contribution in [-0.4, -0.2) is 63.5 Å². The van der Waals surface area contributed by atoms with E-state index in [1.54, 1.807) is 7.11 Å². The number of nitrogens with zero attached hydrogens (tertiary/aromatic N) is 1. The summed E-state index contributed by atoms with van der Waals surface area (Å²) in [7, 11) is 1.68. The molecule has 2 aliphatic rings. The van der Waals surface area contributed by atoms with Gasteiger partial charge < -0.3 is 19.5 Å². The number of hydrogen-bond acceptors (Lipinski definition) is 5. The number of amides is 1. The van der Waals surface area contributed by atoms with Crippen molar-refractivity contribution < 1.29 is 19.0 Å². The molecule has 6 heteroatoms. The number of nitrogens with one attached hydrogen (secondary N) is 1. The molecular formula is C20H30N2O4. The Morgan fingerprint density at radius 3 is 2.88 bits per heavy atom. The first-order valence-corrected chi connectivity index (χ1v) is 9.60. The zero-order valence-corrected chi connectivity index (χ0v) is 15.6. The molecule has 2 atom stereocenters. The number of methoxy groups -OCH3 is 1. The first-order chi connectivity index (χ1) is 12.8. The van der Waals surface area contributed by atoms with Crippen molar-refractivity contribution in [1.82, 2.24) is 10.2 Å². The lowest BCUT2D eigenvalue weighted by Gasteiger charge is -2.35. The third-order valence-electron chi connectivity index (χ3n) is 5.14. The van der Waals surface area contributed by atoms with Crippen LogP contribution in [0.5, 0.6) is 5.75 Å². The van der Waals surface area contributed by atoms with Gasteiger partial charge in [0.2, 0.25) is 5.91 Å². The third-order valence-corrected chi connectivity index (χ3v) is 5.14. The predicted octanol–water partition coefficient (Wildman–Crippen LogP) is 2.14. The molecule has 1 aromatic carbocycles. The van der Waals surface area contributed by atoms with Crippen LogP contribution >= 0.6 is 0 Å². The smallest absolute Gasteiger partial charge is 0.222 e. The number of carbonyl (C=O) groups is 1. The van der Waals surface area contributed by atoms with Gasteiger partial charge in [0.1, 0.15) is 5.75 Å². The summed E-state index contributed by atoms with van der Waals surface area (Å²) in [4.78, 5) is 14.8. The van der Waals surface area contributed by atoms with Gasteiger partial charge >= 0.3 is 0 Å². The Bertz CT molecular complexity index is 569. The molecule has 2 aliphatic heterocycles. The molecule has 2 saturated heterocycles. The van der Waals surface area contributed by atoms with E-state index in [0.717, 1.165) is 63.5 Å². The maximum atomic E-state index is 12.4. The highest BCUT2D eigenvalue weighted by atomic mass is 16.5. The molecule has 2 fully saturated rings. The molecule has 0 spiro atoms. The minimum Gasteiger partial charge on any atom is -0.497 e. The minimum absolute atomic E-state index is 0.0676. The Hall–Kier alpha value is -1.63. The predicted molar refractivity (Wildman–Crippen MR) is 99.3 cm³/mol. The number of benzene rings is 1. The molecule has 0 saturated carbocycles. The lowest BCUT2D eigenvalue weighted by molar-refractivity contribution is -0.125. The highest BCUT2D eigenvalue weighted by Crippen LogP contribution is 2.25. The summed E-state index contributed by atoms with van der Waals surface area (Å²) in [6, 6.07) is 8.21. The first kappa shape index (κ1) is 19.1. The number of hydrogen-bond donors (Lipinski definition) is 1. The fourth-order valence-corrected chi connectivity index (χ4v) is 3.65. The zero-order valence-electron chi connectivity index (χ0n) is 15.6. The molecule has 0 aliphatic carbocycles. The topological polar surface area (TPSA) is 60.0 Å². The second-order valence-electron chi connectivity index (χ2n) is 6.94. The molecule has 1 N–H and O–H groups in total. The Morgan fingerprint density at radius 2 is 2.15 bits per heavy atom. The van der Waals surface area contributed by atoms with E-state index < -0.39 is 0 Å². The molecule has 144 valence electrons. The summed E-state index contributed by atoms with van der Waals surface area (Å²) < 4.78 is 16.5. The van der Waals surface area contributed by atoms with Crippen LogP contribution in [-0.2, 0) is 14.3 Å². The van der Waals surface area contributed by atoms with Gasteiger partial charge in [0.15, 0.2) is 0 Å². The fourth-order valence-electron chi connectivity index (χ4n) is 3.65. The molecule has 0 bridgehead atoms. The highest BCUT2D eigenvalue weighted by Gasteiger charge is 2.24.